The van der Waals surface area contributed by atoms with E-state index in [1.807, 2.05) is 12.1 Å². The number of nitrogens with zero attached hydrogens (tertiary/aromatic N) is 1. The molecule has 0 aliphatic rings. The monoisotopic (exact) mass is 275 g/mol. The first-order chi connectivity index (χ1) is 7.40. The lowest BCUT2D eigenvalue weighted by Crippen LogP contribution is -3.00. The highest BCUT2D eigenvalue weighted by Gasteiger charge is 1.99. The second-order valence-electron chi connectivity index (χ2n) is 3.44. The van der Waals surface area contributed by atoms with Gasteiger partial charge in [-0.2, -0.15) is 0 Å². The van der Waals surface area contributed by atoms with Crippen LogP contribution in [0.2, 0.25) is 0 Å². The lowest BCUT2D eigenvalue weighted by molar-refractivity contribution is -0.686. The Morgan fingerprint density at radius 3 is 2.06 bits per heavy atom. The maximum Gasteiger partial charge on any atom is 0.169 e. The van der Waals surface area contributed by atoms with Gasteiger partial charge in [0.15, 0.2) is 18.9 Å². The first-order valence-electron chi connectivity index (χ1n) is 5.05. The number of aromatic nitrogens is 1. The maximum absolute atomic E-state index is 3.72. The van der Waals surface area contributed by atoms with Crippen LogP contribution in [0.5, 0.6) is 0 Å². The Morgan fingerprint density at radius 2 is 1.50 bits per heavy atom. The van der Waals surface area contributed by atoms with E-state index in [2.05, 4.69) is 59.9 Å². The SMILES string of the molecule is C=CC[n+]1ccc(-c2ccccc2)cc1.[Br-]. The molecular weight excluding hydrogens is 262 g/mol. The fourth-order valence-electron chi connectivity index (χ4n) is 1.55. The van der Waals surface area contributed by atoms with Gasteiger partial charge in [-0.25, -0.2) is 4.57 Å². The molecule has 0 aliphatic heterocycles. The summed E-state index contributed by atoms with van der Waals surface area (Å²) in [7, 11) is 0. The number of hydrogen-bond acceptors (Lipinski definition) is 0. The molecule has 0 bridgehead atoms. The van der Waals surface area contributed by atoms with Crippen LogP contribution in [0, 0.1) is 0 Å². The molecule has 0 spiro atoms. The van der Waals surface area contributed by atoms with Crippen LogP contribution in [0.3, 0.4) is 0 Å². The van der Waals surface area contributed by atoms with Crippen LogP contribution >= 0.6 is 0 Å². The highest BCUT2D eigenvalue weighted by molar-refractivity contribution is 5.61. The minimum absolute atomic E-state index is 0. The molecule has 0 aliphatic carbocycles. The molecule has 82 valence electrons. The standard InChI is InChI=1S/C14H14N.BrH/c1-2-10-15-11-8-14(9-12-15)13-6-4-3-5-7-13;/h2-9,11-12H,1,10H2;1H/q+1;/p-1. The molecule has 0 atom stereocenters. The van der Waals surface area contributed by atoms with Crippen LogP contribution in [0.25, 0.3) is 11.1 Å². The van der Waals surface area contributed by atoms with Crippen LogP contribution in [-0.2, 0) is 6.54 Å². The fourth-order valence-corrected chi connectivity index (χ4v) is 1.55. The van der Waals surface area contributed by atoms with Gasteiger partial charge in [-0.05, 0) is 17.2 Å². The predicted octanol–water partition coefficient (Wildman–Crippen LogP) is -0.169. The zero-order valence-corrected chi connectivity index (χ0v) is 10.6. The molecule has 0 fully saturated rings. The summed E-state index contributed by atoms with van der Waals surface area (Å²) in [5, 5.41) is 0. The summed E-state index contributed by atoms with van der Waals surface area (Å²) in [5.41, 5.74) is 2.50. The van der Waals surface area contributed by atoms with Crippen molar-refractivity contribution in [2.45, 2.75) is 6.54 Å². The van der Waals surface area contributed by atoms with Gasteiger partial charge in [-0.1, -0.05) is 36.9 Å². The van der Waals surface area contributed by atoms with Crippen molar-refractivity contribution in [1.82, 2.24) is 0 Å². The van der Waals surface area contributed by atoms with Crippen LogP contribution in [0.15, 0.2) is 67.5 Å². The number of hydrogen-bond donors (Lipinski definition) is 0. The van der Waals surface area contributed by atoms with E-state index in [0.29, 0.717) is 0 Å². The average Bonchev–Trinajstić information content (AvgIpc) is 2.32. The smallest absolute Gasteiger partial charge is 0.169 e. The molecular formula is C14H14BrN. The highest BCUT2D eigenvalue weighted by atomic mass is 79.9. The number of allylic oxidation sites excluding steroid dienone is 1. The van der Waals surface area contributed by atoms with Crippen LogP contribution in [0.4, 0.5) is 0 Å². The van der Waals surface area contributed by atoms with E-state index >= 15 is 0 Å². The molecule has 0 saturated carbocycles. The van der Waals surface area contributed by atoms with Gasteiger partial charge in [0.25, 0.3) is 0 Å². The molecule has 0 saturated heterocycles. The fraction of sp³-hybridized carbons (Fsp3) is 0.0714. The van der Waals surface area contributed by atoms with Gasteiger partial charge in [0.2, 0.25) is 0 Å². The maximum atomic E-state index is 3.72. The zero-order valence-electron chi connectivity index (χ0n) is 9.01. The van der Waals surface area contributed by atoms with E-state index in [0.717, 1.165) is 6.54 Å². The number of benzene rings is 1. The molecule has 2 aromatic rings. The van der Waals surface area contributed by atoms with Crippen molar-refractivity contribution < 1.29 is 21.5 Å². The minimum Gasteiger partial charge on any atom is -1.00 e. The van der Waals surface area contributed by atoms with E-state index in [-0.39, 0.29) is 17.0 Å². The molecule has 1 aromatic carbocycles. The van der Waals surface area contributed by atoms with Crippen LogP contribution in [0.1, 0.15) is 0 Å². The third-order valence-corrected chi connectivity index (χ3v) is 2.34. The van der Waals surface area contributed by atoms with Crippen molar-refractivity contribution >= 4 is 0 Å². The predicted molar refractivity (Wildman–Crippen MR) is 62.3 cm³/mol. The Kier molecular flexibility index (Phi) is 4.93. The molecule has 1 heterocycles. The Morgan fingerprint density at radius 1 is 0.938 bits per heavy atom. The second-order valence-corrected chi connectivity index (χ2v) is 3.44. The van der Waals surface area contributed by atoms with Crippen molar-refractivity contribution in [1.29, 1.82) is 0 Å². The summed E-state index contributed by atoms with van der Waals surface area (Å²) in [4.78, 5) is 0. The summed E-state index contributed by atoms with van der Waals surface area (Å²) in [6, 6.07) is 14.6. The van der Waals surface area contributed by atoms with Crippen molar-refractivity contribution in [3.05, 3.63) is 67.5 Å². The van der Waals surface area contributed by atoms with Gasteiger partial charge in [-0.15, -0.1) is 0 Å². The first-order valence-corrected chi connectivity index (χ1v) is 5.05. The Labute approximate surface area is 107 Å². The first kappa shape index (κ1) is 12.7. The zero-order chi connectivity index (χ0) is 10.5. The van der Waals surface area contributed by atoms with Gasteiger partial charge in [0.1, 0.15) is 0 Å². The number of pyridine rings is 1. The normalized spacial score (nSPS) is 9.25. The highest BCUT2D eigenvalue weighted by Crippen LogP contribution is 2.16. The Bertz CT molecular complexity index is 434. The molecule has 0 radical (unpaired) electrons. The molecule has 0 amide bonds. The Balaban J connectivity index is 0.00000128. The van der Waals surface area contributed by atoms with Crippen molar-refractivity contribution in [2.75, 3.05) is 0 Å². The van der Waals surface area contributed by atoms with Gasteiger partial charge in [0, 0.05) is 12.1 Å². The van der Waals surface area contributed by atoms with E-state index in [4.69, 9.17) is 0 Å². The summed E-state index contributed by atoms with van der Waals surface area (Å²) in [5.74, 6) is 0. The van der Waals surface area contributed by atoms with Crippen LogP contribution < -0.4 is 21.5 Å². The largest absolute Gasteiger partial charge is 1.00 e. The van der Waals surface area contributed by atoms with Crippen molar-refractivity contribution in [3.8, 4) is 11.1 Å². The molecule has 0 unspecified atom stereocenters. The third kappa shape index (κ3) is 3.04. The number of rotatable bonds is 3. The topological polar surface area (TPSA) is 3.88 Å². The summed E-state index contributed by atoms with van der Waals surface area (Å²) in [6.45, 7) is 4.57. The van der Waals surface area contributed by atoms with Gasteiger partial charge in [-0.3, -0.25) is 0 Å². The van der Waals surface area contributed by atoms with Gasteiger partial charge >= 0.3 is 0 Å². The van der Waals surface area contributed by atoms with Crippen LogP contribution in [-0.4, -0.2) is 0 Å². The molecule has 2 rings (SSSR count). The average molecular weight is 276 g/mol. The molecule has 1 nitrogen and oxygen atoms in total. The number of halogens is 1. The Hall–Kier alpha value is -1.41. The van der Waals surface area contributed by atoms with Crippen molar-refractivity contribution in [3.63, 3.8) is 0 Å². The third-order valence-electron chi connectivity index (χ3n) is 2.34. The molecule has 2 heteroatoms. The lowest BCUT2D eigenvalue weighted by Gasteiger charge is -1.99. The van der Waals surface area contributed by atoms with Gasteiger partial charge < -0.3 is 17.0 Å². The lowest BCUT2D eigenvalue weighted by atomic mass is 10.1. The van der Waals surface area contributed by atoms with Gasteiger partial charge in [0.05, 0.1) is 0 Å². The summed E-state index contributed by atoms with van der Waals surface area (Å²) in [6.07, 6.45) is 6.04. The second kappa shape index (κ2) is 6.23. The van der Waals surface area contributed by atoms with E-state index < -0.39 is 0 Å². The molecule has 1 aromatic heterocycles. The molecule has 0 N–H and O–H groups in total. The van der Waals surface area contributed by atoms with E-state index in [9.17, 15) is 0 Å². The quantitative estimate of drug-likeness (QED) is 0.541. The molecule has 16 heavy (non-hydrogen) atoms. The van der Waals surface area contributed by atoms with Crippen molar-refractivity contribution in [2.24, 2.45) is 0 Å². The summed E-state index contributed by atoms with van der Waals surface area (Å²) >= 11 is 0. The van der Waals surface area contributed by atoms with E-state index in [1.54, 1.807) is 0 Å². The summed E-state index contributed by atoms with van der Waals surface area (Å²) < 4.78 is 2.10. The van der Waals surface area contributed by atoms with E-state index in [1.165, 1.54) is 11.1 Å². The minimum atomic E-state index is 0.